The number of benzene rings is 1. The van der Waals surface area contributed by atoms with E-state index in [1.165, 1.54) is 6.07 Å². The molecule has 2 rings (SSSR count). The van der Waals surface area contributed by atoms with Crippen molar-refractivity contribution in [2.75, 3.05) is 0 Å². The third kappa shape index (κ3) is 2.56. The fourth-order valence-electron chi connectivity index (χ4n) is 2.48. The first-order valence-electron chi connectivity index (χ1n) is 6.09. The second-order valence-corrected chi connectivity index (χ2v) is 7.54. The van der Waals surface area contributed by atoms with Gasteiger partial charge in [0.25, 0.3) is 0 Å². The molecule has 0 amide bonds. The van der Waals surface area contributed by atoms with E-state index in [-0.39, 0.29) is 9.92 Å². The van der Waals surface area contributed by atoms with Crippen molar-refractivity contribution in [1.82, 2.24) is 0 Å². The van der Waals surface area contributed by atoms with Crippen LogP contribution in [0, 0.1) is 5.92 Å². The lowest BCUT2D eigenvalue weighted by atomic mass is 9.88. The van der Waals surface area contributed by atoms with Crippen LogP contribution >= 0.6 is 11.6 Å². The van der Waals surface area contributed by atoms with E-state index in [0.717, 1.165) is 6.42 Å². The summed E-state index contributed by atoms with van der Waals surface area (Å²) < 4.78 is 25.0. The molecular formula is C13H17ClO3S. The van der Waals surface area contributed by atoms with Crippen LogP contribution in [0.25, 0.3) is 0 Å². The molecule has 3 unspecified atom stereocenters. The highest BCUT2D eigenvalue weighted by atomic mass is 35.5. The smallest absolute Gasteiger partial charge is 0.185 e. The highest BCUT2D eigenvalue weighted by Gasteiger charge is 2.38. The Bertz CT molecular complexity index is 527. The van der Waals surface area contributed by atoms with E-state index in [2.05, 4.69) is 0 Å². The first kappa shape index (κ1) is 13.8. The van der Waals surface area contributed by atoms with E-state index in [4.69, 9.17) is 11.6 Å². The van der Waals surface area contributed by atoms with Crippen LogP contribution in [-0.4, -0.2) is 24.9 Å². The molecule has 0 saturated heterocycles. The monoisotopic (exact) mass is 288 g/mol. The Morgan fingerprint density at radius 1 is 1.28 bits per heavy atom. The fraction of sp³-hybridized carbons (Fsp3) is 0.538. The lowest BCUT2D eigenvalue weighted by molar-refractivity contribution is 0.116. The molecule has 3 nitrogen and oxygen atoms in total. The molecule has 0 bridgehead atoms. The molecule has 1 saturated carbocycles. The van der Waals surface area contributed by atoms with Crippen LogP contribution < -0.4 is 0 Å². The minimum absolute atomic E-state index is 0.129. The molecule has 1 aliphatic carbocycles. The van der Waals surface area contributed by atoms with Crippen LogP contribution in [0.5, 0.6) is 0 Å². The molecular weight excluding hydrogens is 272 g/mol. The highest BCUT2D eigenvalue weighted by molar-refractivity contribution is 7.92. The SMILES string of the molecule is CC1CCC(O)C(S(=O)(=O)c2ccccc2Cl)C1. The molecule has 1 aromatic carbocycles. The Balaban J connectivity index is 2.39. The van der Waals surface area contributed by atoms with E-state index in [1.807, 2.05) is 6.92 Å². The van der Waals surface area contributed by atoms with Gasteiger partial charge in [0, 0.05) is 0 Å². The number of rotatable bonds is 2. The van der Waals surface area contributed by atoms with Crippen molar-refractivity contribution in [2.24, 2.45) is 5.92 Å². The van der Waals surface area contributed by atoms with Crippen LogP contribution in [0.15, 0.2) is 29.2 Å². The molecule has 0 heterocycles. The van der Waals surface area contributed by atoms with Gasteiger partial charge in [-0.25, -0.2) is 8.42 Å². The van der Waals surface area contributed by atoms with E-state index in [0.29, 0.717) is 18.8 Å². The maximum atomic E-state index is 12.5. The summed E-state index contributed by atoms with van der Waals surface area (Å²) in [6, 6.07) is 6.41. The van der Waals surface area contributed by atoms with Gasteiger partial charge in [-0.05, 0) is 37.3 Å². The number of aliphatic hydroxyl groups is 1. The Morgan fingerprint density at radius 2 is 1.94 bits per heavy atom. The van der Waals surface area contributed by atoms with Gasteiger partial charge in [-0.2, -0.15) is 0 Å². The Labute approximate surface area is 113 Å². The minimum atomic E-state index is -3.56. The van der Waals surface area contributed by atoms with Crippen LogP contribution in [0.4, 0.5) is 0 Å². The topological polar surface area (TPSA) is 54.4 Å². The lowest BCUT2D eigenvalue weighted by Gasteiger charge is -2.31. The van der Waals surface area contributed by atoms with Crippen molar-refractivity contribution in [3.63, 3.8) is 0 Å². The number of halogens is 1. The van der Waals surface area contributed by atoms with E-state index < -0.39 is 21.2 Å². The Hall–Kier alpha value is -0.580. The molecule has 1 aromatic rings. The van der Waals surface area contributed by atoms with Gasteiger partial charge in [0.2, 0.25) is 0 Å². The number of hydrogen-bond donors (Lipinski definition) is 1. The van der Waals surface area contributed by atoms with Gasteiger partial charge in [-0.3, -0.25) is 0 Å². The summed E-state index contributed by atoms with van der Waals surface area (Å²) in [6.07, 6.45) is 1.11. The van der Waals surface area contributed by atoms with Gasteiger partial charge >= 0.3 is 0 Å². The first-order chi connectivity index (χ1) is 8.43. The van der Waals surface area contributed by atoms with Crippen molar-refractivity contribution in [1.29, 1.82) is 0 Å². The number of aliphatic hydroxyl groups excluding tert-OH is 1. The van der Waals surface area contributed by atoms with Gasteiger partial charge in [-0.15, -0.1) is 0 Å². The van der Waals surface area contributed by atoms with Gasteiger partial charge in [-0.1, -0.05) is 30.7 Å². The molecule has 3 atom stereocenters. The molecule has 1 fully saturated rings. The molecule has 0 radical (unpaired) electrons. The zero-order chi connectivity index (χ0) is 13.3. The Morgan fingerprint density at radius 3 is 2.61 bits per heavy atom. The van der Waals surface area contributed by atoms with Crippen molar-refractivity contribution in [3.05, 3.63) is 29.3 Å². The van der Waals surface area contributed by atoms with Crippen LogP contribution in [0.3, 0.4) is 0 Å². The summed E-state index contributed by atoms with van der Waals surface area (Å²) >= 11 is 5.95. The predicted octanol–water partition coefficient (Wildman–Crippen LogP) is 2.66. The number of sulfone groups is 1. The molecule has 18 heavy (non-hydrogen) atoms. The van der Waals surface area contributed by atoms with E-state index in [9.17, 15) is 13.5 Å². The second-order valence-electron chi connectivity index (χ2n) is 5.00. The summed E-state index contributed by atoms with van der Waals surface area (Å²) in [5.41, 5.74) is 0. The quantitative estimate of drug-likeness (QED) is 0.910. The maximum absolute atomic E-state index is 12.5. The highest BCUT2D eigenvalue weighted by Crippen LogP contribution is 2.34. The molecule has 100 valence electrons. The number of hydrogen-bond acceptors (Lipinski definition) is 3. The van der Waals surface area contributed by atoms with E-state index >= 15 is 0 Å². The van der Waals surface area contributed by atoms with Crippen LogP contribution in [-0.2, 0) is 9.84 Å². The average molecular weight is 289 g/mol. The van der Waals surface area contributed by atoms with Gasteiger partial charge < -0.3 is 5.11 Å². The molecule has 0 aromatic heterocycles. The van der Waals surface area contributed by atoms with Crippen molar-refractivity contribution >= 4 is 21.4 Å². The minimum Gasteiger partial charge on any atom is -0.392 e. The zero-order valence-corrected chi connectivity index (χ0v) is 11.8. The largest absolute Gasteiger partial charge is 0.392 e. The van der Waals surface area contributed by atoms with Gasteiger partial charge in [0.05, 0.1) is 21.3 Å². The first-order valence-corrected chi connectivity index (χ1v) is 8.02. The van der Waals surface area contributed by atoms with Crippen molar-refractivity contribution in [3.8, 4) is 0 Å². The average Bonchev–Trinajstić information content (AvgIpc) is 2.32. The molecule has 1 N–H and O–H groups in total. The van der Waals surface area contributed by atoms with Gasteiger partial charge in [0.15, 0.2) is 9.84 Å². The molecule has 5 heteroatoms. The lowest BCUT2D eigenvalue weighted by Crippen LogP contribution is -2.39. The molecule has 1 aliphatic rings. The molecule has 0 spiro atoms. The fourth-order valence-corrected chi connectivity index (χ4v) is 5.01. The third-order valence-corrected chi connectivity index (χ3v) is 6.28. The van der Waals surface area contributed by atoms with E-state index in [1.54, 1.807) is 18.2 Å². The van der Waals surface area contributed by atoms with Crippen LogP contribution in [0.1, 0.15) is 26.2 Å². The standard InChI is InChI=1S/C13H17ClO3S/c1-9-6-7-11(15)13(8-9)18(16,17)12-5-3-2-4-10(12)14/h2-5,9,11,13,15H,6-8H2,1H3. The normalized spacial score (nSPS) is 29.2. The van der Waals surface area contributed by atoms with Gasteiger partial charge in [0.1, 0.15) is 0 Å². The zero-order valence-electron chi connectivity index (χ0n) is 10.2. The summed E-state index contributed by atoms with van der Waals surface area (Å²) in [5, 5.41) is 9.44. The summed E-state index contributed by atoms with van der Waals surface area (Å²) in [6.45, 7) is 2.01. The second kappa shape index (κ2) is 5.19. The van der Waals surface area contributed by atoms with Crippen molar-refractivity contribution < 1.29 is 13.5 Å². The summed E-state index contributed by atoms with van der Waals surface area (Å²) in [5.74, 6) is 0.315. The predicted molar refractivity (Wildman–Crippen MR) is 71.4 cm³/mol. The third-order valence-electron chi connectivity index (χ3n) is 3.56. The maximum Gasteiger partial charge on any atom is 0.185 e. The molecule has 0 aliphatic heterocycles. The van der Waals surface area contributed by atoms with Crippen LogP contribution in [0.2, 0.25) is 5.02 Å². The summed E-state index contributed by atoms with van der Waals surface area (Å²) in [4.78, 5) is 0.129. The summed E-state index contributed by atoms with van der Waals surface area (Å²) in [7, 11) is -3.56. The Kier molecular flexibility index (Phi) is 3.99. The van der Waals surface area contributed by atoms with Crippen molar-refractivity contribution in [2.45, 2.75) is 42.4 Å².